The van der Waals surface area contributed by atoms with Gasteiger partial charge in [0, 0.05) is 16.7 Å². The average Bonchev–Trinajstić information content (AvgIpc) is 3.06. The molecule has 2 aromatic heterocycles. The van der Waals surface area contributed by atoms with E-state index < -0.39 is 0 Å². The molecule has 0 aliphatic heterocycles. The fourth-order valence-electron chi connectivity index (χ4n) is 2.37. The monoisotopic (exact) mass is 365 g/mol. The molecule has 0 saturated heterocycles. The molecule has 2 aromatic carbocycles. The Labute approximate surface area is 152 Å². The number of nitrogens with zero attached hydrogens (tertiary/aromatic N) is 3. The van der Waals surface area contributed by atoms with E-state index in [1.807, 2.05) is 54.6 Å². The van der Waals surface area contributed by atoms with E-state index in [0.29, 0.717) is 15.7 Å². The van der Waals surface area contributed by atoms with Crippen LogP contribution in [0.25, 0.3) is 27.7 Å². The number of hydrogen-bond donors (Lipinski definition) is 0. The molecule has 0 saturated carbocycles. The lowest BCUT2D eigenvalue weighted by atomic mass is 10.2. The predicted molar refractivity (Wildman–Crippen MR) is 103 cm³/mol. The van der Waals surface area contributed by atoms with Crippen LogP contribution in [0.2, 0.25) is 5.02 Å². The Kier molecular flexibility index (Phi) is 4.17. The van der Waals surface area contributed by atoms with E-state index in [9.17, 15) is 4.79 Å². The molecule has 6 heteroatoms. The smallest absolute Gasteiger partial charge is 0.267 e. The van der Waals surface area contributed by atoms with Crippen LogP contribution >= 0.6 is 22.9 Å². The van der Waals surface area contributed by atoms with Gasteiger partial charge in [-0.15, -0.1) is 0 Å². The van der Waals surface area contributed by atoms with E-state index in [2.05, 4.69) is 10.1 Å². The summed E-state index contributed by atoms with van der Waals surface area (Å²) in [5, 5.41) is 5.75. The van der Waals surface area contributed by atoms with E-state index >= 15 is 0 Å². The van der Waals surface area contributed by atoms with Crippen molar-refractivity contribution in [3.8, 4) is 10.6 Å². The number of hydrogen-bond acceptors (Lipinski definition) is 4. The van der Waals surface area contributed by atoms with E-state index in [-0.39, 0.29) is 5.56 Å². The zero-order valence-electron chi connectivity index (χ0n) is 13.0. The summed E-state index contributed by atoms with van der Waals surface area (Å²) in [6, 6.07) is 18.7. The molecule has 0 fully saturated rings. The number of rotatable bonds is 3. The topological polar surface area (TPSA) is 47.3 Å². The van der Waals surface area contributed by atoms with Gasteiger partial charge in [0.15, 0.2) is 0 Å². The van der Waals surface area contributed by atoms with Crippen molar-refractivity contribution in [1.29, 1.82) is 0 Å². The van der Waals surface area contributed by atoms with Crippen LogP contribution < -0.4 is 5.56 Å². The third-order valence-corrected chi connectivity index (χ3v) is 4.81. The largest absolute Gasteiger partial charge is 0.275 e. The lowest BCUT2D eigenvalue weighted by molar-refractivity contribution is 0.901. The maximum absolute atomic E-state index is 12.3. The maximum atomic E-state index is 12.3. The first-order valence-electron chi connectivity index (χ1n) is 7.59. The Balaban J connectivity index is 1.73. The number of halogens is 1. The van der Waals surface area contributed by atoms with Gasteiger partial charge in [-0.25, -0.2) is 4.98 Å². The Hall–Kier alpha value is -2.76. The van der Waals surface area contributed by atoms with Gasteiger partial charge in [-0.3, -0.25) is 4.79 Å². The fourth-order valence-corrected chi connectivity index (χ4v) is 3.41. The van der Waals surface area contributed by atoms with Crippen LogP contribution in [-0.2, 0) is 0 Å². The number of benzene rings is 2. The van der Waals surface area contributed by atoms with Gasteiger partial charge in [0.05, 0.1) is 5.69 Å². The fraction of sp³-hybridized carbons (Fsp3) is 0. The summed E-state index contributed by atoms with van der Waals surface area (Å²) in [5.41, 5.74) is 2.37. The van der Waals surface area contributed by atoms with Crippen molar-refractivity contribution in [2.24, 2.45) is 0 Å². The van der Waals surface area contributed by atoms with Gasteiger partial charge in [0.2, 0.25) is 4.96 Å². The summed E-state index contributed by atoms with van der Waals surface area (Å²) in [6.07, 6.45) is 3.76. The van der Waals surface area contributed by atoms with Crippen molar-refractivity contribution in [3.63, 3.8) is 0 Å². The van der Waals surface area contributed by atoms with E-state index in [4.69, 9.17) is 11.6 Å². The number of aromatic nitrogens is 3. The summed E-state index contributed by atoms with van der Waals surface area (Å²) in [4.78, 5) is 17.4. The summed E-state index contributed by atoms with van der Waals surface area (Å²) >= 11 is 7.29. The van der Waals surface area contributed by atoms with Crippen LogP contribution in [0.5, 0.6) is 0 Å². The average molecular weight is 366 g/mol. The summed E-state index contributed by atoms with van der Waals surface area (Å²) < 4.78 is 1.33. The summed E-state index contributed by atoms with van der Waals surface area (Å²) in [5.74, 6) is 0. The Morgan fingerprint density at radius 3 is 2.52 bits per heavy atom. The molecule has 0 spiro atoms. The van der Waals surface area contributed by atoms with Crippen LogP contribution in [0, 0.1) is 0 Å². The highest BCUT2D eigenvalue weighted by Crippen LogP contribution is 2.25. The molecule has 0 amide bonds. The van der Waals surface area contributed by atoms with Crippen molar-refractivity contribution in [2.45, 2.75) is 0 Å². The zero-order valence-corrected chi connectivity index (χ0v) is 14.5. The van der Waals surface area contributed by atoms with E-state index in [0.717, 1.165) is 16.1 Å². The van der Waals surface area contributed by atoms with Gasteiger partial charge in [0.1, 0.15) is 5.01 Å². The second-order valence-electron chi connectivity index (χ2n) is 5.37. The summed E-state index contributed by atoms with van der Waals surface area (Å²) in [7, 11) is 0. The normalized spacial score (nSPS) is 11.4. The van der Waals surface area contributed by atoms with Crippen LogP contribution in [0.4, 0.5) is 0 Å². The molecular formula is C19H12ClN3OS. The highest BCUT2D eigenvalue weighted by molar-refractivity contribution is 7.19. The van der Waals surface area contributed by atoms with Gasteiger partial charge in [-0.05, 0) is 23.8 Å². The highest BCUT2D eigenvalue weighted by atomic mass is 35.5. The molecule has 2 heterocycles. The molecule has 4 aromatic rings. The molecule has 122 valence electrons. The molecule has 0 atom stereocenters. The lowest BCUT2D eigenvalue weighted by Crippen LogP contribution is -2.14. The van der Waals surface area contributed by atoms with Crippen LogP contribution in [0.15, 0.2) is 65.5 Å². The minimum absolute atomic E-state index is 0.200. The van der Waals surface area contributed by atoms with Gasteiger partial charge in [-0.1, -0.05) is 71.5 Å². The van der Waals surface area contributed by atoms with Gasteiger partial charge in [0.25, 0.3) is 5.56 Å². The van der Waals surface area contributed by atoms with Crippen LogP contribution in [0.1, 0.15) is 11.3 Å². The molecule has 0 radical (unpaired) electrons. The molecule has 4 nitrogen and oxygen atoms in total. The van der Waals surface area contributed by atoms with Crippen molar-refractivity contribution in [1.82, 2.24) is 14.6 Å². The molecule has 25 heavy (non-hydrogen) atoms. The molecular weight excluding hydrogens is 354 g/mol. The molecule has 0 aliphatic carbocycles. The highest BCUT2D eigenvalue weighted by Gasteiger charge is 2.09. The molecule has 0 bridgehead atoms. The first-order chi connectivity index (χ1) is 12.2. The quantitative estimate of drug-likeness (QED) is 0.531. The molecule has 0 N–H and O–H groups in total. The van der Waals surface area contributed by atoms with Gasteiger partial charge < -0.3 is 0 Å². The Morgan fingerprint density at radius 1 is 1.00 bits per heavy atom. The standard InChI is InChI=1S/C19H12ClN3OS/c20-15-9-7-14(8-10-15)18-22-23-17(24)12-16(21-19(23)25-18)11-6-13-4-2-1-3-5-13/h1-12H/b11-6+. The molecule has 4 rings (SSSR count). The van der Waals surface area contributed by atoms with Gasteiger partial charge in [-0.2, -0.15) is 9.61 Å². The number of fused-ring (bicyclic) bond motifs is 1. The zero-order chi connectivity index (χ0) is 17.2. The van der Waals surface area contributed by atoms with Crippen molar-refractivity contribution in [2.75, 3.05) is 0 Å². The lowest BCUT2D eigenvalue weighted by Gasteiger charge is -1.94. The van der Waals surface area contributed by atoms with Crippen molar-refractivity contribution >= 4 is 40.1 Å². The first-order valence-corrected chi connectivity index (χ1v) is 8.78. The molecule has 0 aliphatic rings. The van der Waals surface area contributed by atoms with E-state index in [1.165, 1.54) is 21.9 Å². The first kappa shape index (κ1) is 15.7. The third-order valence-electron chi connectivity index (χ3n) is 3.60. The van der Waals surface area contributed by atoms with Crippen molar-refractivity contribution < 1.29 is 0 Å². The predicted octanol–water partition coefficient (Wildman–Crippen LogP) is 4.64. The Bertz CT molecular complexity index is 1120. The van der Waals surface area contributed by atoms with Crippen LogP contribution in [-0.4, -0.2) is 14.6 Å². The molecule has 0 unspecified atom stereocenters. The second-order valence-corrected chi connectivity index (χ2v) is 6.76. The van der Waals surface area contributed by atoms with E-state index in [1.54, 1.807) is 12.1 Å². The third kappa shape index (κ3) is 3.38. The summed E-state index contributed by atoms with van der Waals surface area (Å²) in [6.45, 7) is 0. The Morgan fingerprint density at radius 2 is 1.76 bits per heavy atom. The van der Waals surface area contributed by atoms with Crippen LogP contribution in [0.3, 0.4) is 0 Å². The SMILES string of the molecule is O=c1cc(/C=C/c2ccccc2)nc2sc(-c3ccc(Cl)cc3)nn12. The van der Waals surface area contributed by atoms with Gasteiger partial charge >= 0.3 is 0 Å². The van der Waals surface area contributed by atoms with Crippen molar-refractivity contribution in [3.05, 3.63) is 87.3 Å². The maximum Gasteiger partial charge on any atom is 0.275 e. The minimum atomic E-state index is -0.200. The minimum Gasteiger partial charge on any atom is -0.267 e. The second kappa shape index (κ2) is 6.63.